The summed E-state index contributed by atoms with van der Waals surface area (Å²) in [6, 6.07) is 0. The molecule has 0 saturated heterocycles. The number of hydrogen-bond acceptors (Lipinski definition) is 2. The van der Waals surface area contributed by atoms with Crippen LogP contribution in [0.25, 0.3) is 0 Å². The Morgan fingerprint density at radius 1 is 1.40 bits per heavy atom. The molecular formula is C11H19ClN2O. The first-order chi connectivity index (χ1) is 6.93. The third-order valence-corrected chi connectivity index (χ3v) is 3.17. The number of ether oxygens (including phenoxy) is 1. The van der Waals surface area contributed by atoms with Gasteiger partial charge in [-0.3, -0.25) is 4.68 Å². The molecule has 0 aliphatic rings. The summed E-state index contributed by atoms with van der Waals surface area (Å²) in [5, 5.41) is 4.91. The predicted octanol–water partition coefficient (Wildman–Crippen LogP) is 2.94. The van der Waals surface area contributed by atoms with E-state index in [0.717, 1.165) is 11.3 Å². The molecule has 0 N–H and O–H groups in total. The monoisotopic (exact) mass is 230 g/mol. The lowest BCUT2D eigenvalue weighted by molar-refractivity contribution is 0.0233. The van der Waals surface area contributed by atoms with Crippen molar-refractivity contribution in [3.05, 3.63) is 16.4 Å². The zero-order valence-corrected chi connectivity index (χ0v) is 10.8. The maximum atomic E-state index is 6.10. The molecular weight excluding hydrogens is 212 g/mol. The van der Waals surface area contributed by atoms with Gasteiger partial charge in [0.2, 0.25) is 0 Å². The topological polar surface area (TPSA) is 27.1 Å². The van der Waals surface area contributed by atoms with Crippen LogP contribution in [0.1, 0.15) is 32.0 Å². The number of aromatic nitrogens is 2. The second kappa shape index (κ2) is 4.99. The highest BCUT2D eigenvalue weighted by atomic mass is 35.5. The van der Waals surface area contributed by atoms with E-state index in [-0.39, 0.29) is 6.10 Å². The Labute approximate surface area is 96.4 Å². The quantitative estimate of drug-likeness (QED) is 0.795. The molecule has 1 aromatic rings. The SMILES string of the molecule is Cc1nn(C)c(Cl)c1COC(C)C(C)C. The number of rotatable bonds is 4. The summed E-state index contributed by atoms with van der Waals surface area (Å²) in [7, 11) is 1.84. The Balaban J connectivity index is 2.65. The van der Waals surface area contributed by atoms with Crippen LogP contribution < -0.4 is 0 Å². The van der Waals surface area contributed by atoms with E-state index < -0.39 is 0 Å². The molecule has 0 amide bonds. The summed E-state index contributed by atoms with van der Waals surface area (Å²) in [5.74, 6) is 0.515. The maximum absolute atomic E-state index is 6.10. The van der Waals surface area contributed by atoms with Crippen LogP contribution in [0.4, 0.5) is 0 Å². The first-order valence-electron chi connectivity index (χ1n) is 5.23. The summed E-state index contributed by atoms with van der Waals surface area (Å²) in [4.78, 5) is 0. The van der Waals surface area contributed by atoms with E-state index in [1.807, 2.05) is 14.0 Å². The van der Waals surface area contributed by atoms with Gasteiger partial charge in [0.1, 0.15) is 5.15 Å². The second-order valence-electron chi connectivity index (χ2n) is 4.24. The molecule has 4 heteroatoms. The first kappa shape index (κ1) is 12.5. The highest BCUT2D eigenvalue weighted by molar-refractivity contribution is 6.30. The highest BCUT2D eigenvalue weighted by Crippen LogP contribution is 2.20. The lowest BCUT2D eigenvalue weighted by atomic mass is 10.1. The van der Waals surface area contributed by atoms with Crippen molar-refractivity contribution in [3.63, 3.8) is 0 Å². The van der Waals surface area contributed by atoms with Gasteiger partial charge in [-0.25, -0.2) is 0 Å². The van der Waals surface area contributed by atoms with Crippen molar-refractivity contribution in [2.45, 2.75) is 40.4 Å². The molecule has 86 valence electrons. The summed E-state index contributed by atoms with van der Waals surface area (Å²) in [6.45, 7) is 8.84. The first-order valence-corrected chi connectivity index (χ1v) is 5.60. The van der Waals surface area contributed by atoms with Crippen molar-refractivity contribution in [1.29, 1.82) is 0 Å². The maximum Gasteiger partial charge on any atom is 0.132 e. The Morgan fingerprint density at radius 2 is 2.00 bits per heavy atom. The Hall–Kier alpha value is -0.540. The van der Waals surface area contributed by atoms with Crippen LogP contribution in [0.15, 0.2) is 0 Å². The van der Waals surface area contributed by atoms with Crippen molar-refractivity contribution < 1.29 is 4.74 Å². The lowest BCUT2D eigenvalue weighted by Crippen LogP contribution is -2.15. The summed E-state index contributed by atoms with van der Waals surface area (Å²) >= 11 is 6.10. The van der Waals surface area contributed by atoms with Gasteiger partial charge in [0.25, 0.3) is 0 Å². The molecule has 0 bridgehead atoms. The van der Waals surface area contributed by atoms with E-state index >= 15 is 0 Å². The molecule has 1 heterocycles. The largest absolute Gasteiger partial charge is 0.373 e. The van der Waals surface area contributed by atoms with Gasteiger partial charge < -0.3 is 4.74 Å². The van der Waals surface area contributed by atoms with Crippen molar-refractivity contribution in [2.75, 3.05) is 0 Å². The van der Waals surface area contributed by atoms with Gasteiger partial charge in [-0.2, -0.15) is 5.10 Å². The van der Waals surface area contributed by atoms with Crippen molar-refractivity contribution in [1.82, 2.24) is 9.78 Å². The Bertz CT molecular complexity index is 334. The molecule has 0 aliphatic heterocycles. The fourth-order valence-corrected chi connectivity index (χ4v) is 1.47. The minimum Gasteiger partial charge on any atom is -0.373 e. The van der Waals surface area contributed by atoms with Gasteiger partial charge in [-0.15, -0.1) is 0 Å². The predicted molar refractivity (Wildman–Crippen MR) is 62.0 cm³/mol. The minimum absolute atomic E-state index is 0.237. The standard InChI is InChI=1S/C11H19ClN2O/c1-7(2)9(4)15-6-10-8(3)13-14(5)11(10)12/h7,9H,6H2,1-5H3. The molecule has 0 fully saturated rings. The van der Waals surface area contributed by atoms with Crippen molar-refractivity contribution in [2.24, 2.45) is 13.0 Å². The molecule has 0 aromatic carbocycles. The second-order valence-corrected chi connectivity index (χ2v) is 4.60. The summed E-state index contributed by atoms with van der Waals surface area (Å²) in [5.41, 5.74) is 1.94. The number of hydrogen-bond donors (Lipinski definition) is 0. The highest BCUT2D eigenvalue weighted by Gasteiger charge is 2.14. The molecule has 1 atom stereocenters. The van der Waals surface area contributed by atoms with Crippen LogP contribution in [-0.2, 0) is 18.4 Å². The van der Waals surface area contributed by atoms with E-state index in [0.29, 0.717) is 17.7 Å². The zero-order valence-electron chi connectivity index (χ0n) is 10.0. The molecule has 1 rings (SSSR count). The molecule has 0 aliphatic carbocycles. The van der Waals surface area contributed by atoms with E-state index in [1.54, 1.807) is 4.68 Å². The third-order valence-electron chi connectivity index (χ3n) is 2.70. The lowest BCUT2D eigenvalue weighted by Gasteiger charge is -2.16. The normalized spacial score (nSPS) is 13.5. The van der Waals surface area contributed by atoms with Gasteiger partial charge in [0, 0.05) is 12.6 Å². The van der Waals surface area contributed by atoms with Crippen LogP contribution in [0.3, 0.4) is 0 Å². The smallest absolute Gasteiger partial charge is 0.132 e. The molecule has 0 spiro atoms. The molecule has 0 radical (unpaired) electrons. The van der Waals surface area contributed by atoms with Crippen LogP contribution in [0.5, 0.6) is 0 Å². The number of nitrogens with zero attached hydrogens (tertiary/aromatic N) is 2. The van der Waals surface area contributed by atoms with Gasteiger partial charge in [0.05, 0.1) is 18.4 Å². The fourth-order valence-electron chi connectivity index (χ4n) is 1.25. The minimum atomic E-state index is 0.237. The fraction of sp³-hybridized carbons (Fsp3) is 0.727. The molecule has 1 aromatic heterocycles. The van der Waals surface area contributed by atoms with Gasteiger partial charge in [-0.1, -0.05) is 25.4 Å². The van der Waals surface area contributed by atoms with E-state index in [2.05, 4.69) is 25.9 Å². The van der Waals surface area contributed by atoms with Crippen LogP contribution >= 0.6 is 11.6 Å². The van der Waals surface area contributed by atoms with Crippen LogP contribution in [0.2, 0.25) is 5.15 Å². The van der Waals surface area contributed by atoms with Crippen LogP contribution in [-0.4, -0.2) is 15.9 Å². The number of halogens is 1. The van der Waals surface area contributed by atoms with Crippen molar-refractivity contribution >= 4 is 11.6 Å². The van der Waals surface area contributed by atoms with Crippen molar-refractivity contribution in [3.8, 4) is 0 Å². The average molecular weight is 231 g/mol. The van der Waals surface area contributed by atoms with E-state index in [9.17, 15) is 0 Å². The molecule has 15 heavy (non-hydrogen) atoms. The average Bonchev–Trinajstić information content (AvgIpc) is 2.38. The Morgan fingerprint density at radius 3 is 2.40 bits per heavy atom. The van der Waals surface area contributed by atoms with E-state index in [4.69, 9.17) is 16.3 Å². The van der Waals surface area contributed by atoms with Gasteiger partial charge in [-0.05, 0) is 19.8 Å². The van der Waals surface area contributed by atoms with Crippen LogP contribution in [0, 0.1) is 12.8 Å². The van der Waals surface area contributed by atoms with Gasteiger partial charge >= 0.3 is 0 Å². The molecule has 1 unspecified atom stereocenters. The van der Waals surface area contributed by atoms with Gasteiger partial charge in [0.15, 0.2) is 0 Å². The molecule has 3 nitrogen and oxygen atoms in total. The zero-order chi connectivity index (χ0) is 11.6. The number of aryl methyl sites for hydroxylation is 2. The molecule has 0 saturated carbocycles. The summed E-state index contributed by atoms with van der Waals surface area (Å²) < 4.78 is 7.40. The van der Waals surface area contributed by atoms with E-state index in [1.165, 1.54) is 0 Å². The Kier molecular flexibility index (Phi) is 4.17. The third kappa shape index (κ3) is 2.95. The summed E-state index contributed by atoms with van der Waals surface area (Å²) in [6.07, 6.45) is 0.237.